The van der Waals surface area contributed by atoms with E-state index in [1.54, 1.807) is 24.7 Å². The molecule has 3 rings (SSSR count). The fourth-order valence-electron chi connectivity index (χ4n) is 2.45. The fourth-order valence-corrected chi connectivity index (χ4v) is 2.45. The van der Waals surface area contributed by atoms with Crippen molar-refractivity contribution in [3.05, 3.63) is 83.8 Å². The normalized spacial score (nSPS) is 11.3. The minimum absolute atomic E-state index is 0.136. The third-order valence-electron chi connectivity index (χ3n) is 3.74. The number of nitrogens with one attached hydrogen (secondary N) is 1. The number of alkyl halides is 3. The number of carbonyl (C=O) groups is 1. The zero-order valence-electron chi connectivity index (χ0n) is 13.0. The Bertz CT molecular complexity index is 853. The number of furan rings is 1. The Hall–Kier alpha value is -3.02. The predicted octanol–water partition coefficient (Wildman–Crippen LogP) is 4.90. The molecule has 0 radical (unpaired) electrons. The molecular formula is C19H14F3NO2. The van der Waals surface area contributed by atoms with Gasteiger partial charge in [-0.2, -0.15) is 13.2 Å². The lowest BCUT2D eigenvalue weighted by atomic mass is 10.1. The molecule has 25 heavy (non-hydrogen) atoms. The van der Waals surface area contributed by atoms with Gasteiger partial charge in [0.15, 0.2) is 0 Å². The molecular weight excluding hydrogens is 331 g/mol. The number of halogens is 3. The molecule has 0 fully saturated rings. The Morgan fingerprint density at radius 1 is 0.960 bits per heavy atom. The maximum atomic E-state index is 13.0. The van der Waals surface area contributed by atoms with Gasteiger partial charge in [0.2, 0.25) is 0 Å². The summed E-state index contributed by atoms with van der Waals surface area (Å²) in [6.45, 7) is 0.136. The minimum Gasteiger partial charge on any atom is -0.472 e. The minimum atomic E-state index is -4.57. The molecule has 6 heteroatoms. The molecule has 0 spiro atoms. The van der Waals surface area contributed by atoms with Gasteiger partial charge in [0.05, 0.1) is 23.7 Å². The summed E-state index contributed by atoms with van der Waals surface area (Å²) < 4.78 is 43.9. The van der Waals surface area contributed by atoms with E-state index in [0.29, 0.717) is 0 Å². The maximum Gasteiger partial charge on any atom is 0.417 e. The van der Waals surface area contributed by atoms with Crippen LogP contribution in [0.4, 0.5) is 13.2 Å². The first-order valence-electron chi connectivity index (χ1n) is 7.51. The average Bonchev–Trinajstić information content (AvgIpc) is 3.14. The van der Waals surface area contributed by atoms with Gasteiger partial charge in [-0.05, 0) is 29.3 Å². The third-order valence-corrected chi connectivity index (χ3v) is 3.74. The molecule has 0 saturated carbocycles. The van der Waals surface area contributed by atoms with Crippen LogP contribution < -0.4 is 5.32 Å². The third kappa shape index (κ3) is 3.91. The number of rotatable bonds is 4. The van der Waals surface area contributed by atoms with Crippen molar-refractivity contribution in [3.8, 4) is 11.1 Å². The SMILES string of the molecule is O=C(NCc1ccc(-c2ccoc2)cc1)c1ccccc1C(F)(F)F. The molecule has 128 valence electrons. The van der Waals surface area contributed by atoms with Gasteiger partial charge in [0, 0.05) is 12.1 Å². The molecule has 0 unspecified atom stereocenters. The van der Waals surface area contributed by atoms with E-state index in [1.807, 2.05) is 18.2 Å². The van der Waals surface area contributed by atoms with Crippen LogP contribution in [0.25, 0.3) is 11.1 Å². The first-order valence-corrected chi connectivity index (χ1v) is 7.51. The topological polar surface area (TPSA) is 42.2 Å². The molecule has 0 bridgehead atoms. The van der Waals surface area contributed by atoms with Crippen molar-refractivity contribution in [2.45, 2.75) is 12.7 Å². The van der Waals surface area contributed by atoms with Crippen LogP contribution in [-0.2, 0) is 12.7 Å². The molecule has 3 nitrogen and oxygen atoms in total. The number of amides is 1. The van der Waals surface area contributed by atoms with E-state index in [9.17, 15) is 18.0 Å². The highest BCUT2D eigenvalue weighted by Gasteiger charge is 2.34. The summed E-state index contributed by atoms with van der Waals surface area (Å²) in [6.07, 6.45) is -1.38. The second-order valence-electron chi connectivity index (χ2n) is 5.43. The summed E-state index contributed by atoms with van der Waals surface area (Å²) in [5.41, 5.74) is 1.33. The highest BCUT2D eigenvalue weighted by atomic mass is 19.4. The summed E-state index contributed by atoms with van der Waals surface area (Å²) >= 11 is 0. The van der Waals surface area contributed by atoms with Gasteiger partial charge < -0.3 is 9.73 Å². The molecule has 0 aliphatic carbocycles. The summed E-state index contributed by atoms with van der Waals surface area (Å²) in [5, 5.41) is 2.52. The monoisotopic (exact) mass is 345 g/mol. The highest BCUT2D eigenvalue weighted by molar-refractivity contribution is 5.95. The second-order valence-corrected chi connectivity index (χ2v) is 5.43. The van der Waals surface area contributed by atoms with Crippen LogP contribution in [0, 0.1) is 0 Å². The molecule has 1 N–H and O–H groups in total. The Kier molecular flexibility index (Phi) is 4.61. The smallest absolute Gasteiger partial charge is 0.417 e. The van der Waals surface area contributed by atoms with Crippen molar-refractivity contribution in [1.82, 2.24) is 5.32 Å². The first-order chi connectivity index (χ1) is 11.9. The van der Waals surface area contributed by atoms with E-state index in [1.165, 1.54) is 18.2 Å². The van der Waals surface area contributed by atoms with Gasteiger partial charge in [0.1, 0.15) is 0 Å². The van der Waals surface area contributed by atoms with Crippen LogP contribution >= 0.6 is 0 Å². The van der Waals surface area contributed by atoms with Gasteiger partial charge in [-0.25, -0.2) is 0 Å². The van der Waals surface area contributed by atoms with Crippen molar-refractivity contribution in [3.63, 3.8) is 0 Å². The molecule has 0 saturated heterocycles. The maximum absolute atomic E-state index is 13.0. The second kappa shape index (κ2) is 6.84. The van der Waals surface area contributed by atoms with Crippen LogP contribution in [0.1, 0.15) is 21.5 Å². The summed E-state index contributed by atoms with van der Waals surface area (Å²) in [7, 11) is 0. The Morgan fingerprint density at radius 3 is 2.32 bits per heavy atom. The summed E-state index contributed by atoms with van der Waals surface area (Å²) in [6, 6.07) is 13.9. The van der Waals surface area contributed by atoms with Crippen molar-refractivity contribution >= 4 is 5.91 Å². The molecule has 0 aliphatic heterocycles. The highest BCUT2D eigenvalue weighted by Crippen LogP contribution is 2.31. The lowest BCUT2D eigenvalue weighted by Crippen LogP contribution is -2.25. The first kappa shape index (κ1) is 16.8. The van der Waals surface area contributed by atoms with Crippen molar-refractivity contribution in [2.75, 3.05) is 0 Å². The van der Waals surface area contributed by atoms with E-state index in [2.05, 4.69) is 5.32 Å². The van der Waals surface area contributed by atoms with Crippen LogP contribution in [0.3, 0.4) is 0 Å². The molecule has 0 aliphatic rings. The zero-order chi connectivity index (χ0) is 17.9. The number of carbonyl (C=O) groups excluding carboxylic acids is 1. The fraction of sp³-hybridized carbons (Fsp3) is 0.105. The van der Waals surface area contributed by atoms with Crippen LogP contribution in [0.15, 0.2) is 71.5 Å². The van der Waals surface area contributed by atoms with E-state index in [0.717, 1.165) is 22.8 Å². The molecule has 0 atom stereocenters. The summed E-state index contributed by atoms with van der Waals surface area (Å²) in [5.74, 6) is -0.758. The largest absolute Gasteiger partial charge is 0.472 e. The van der Waals surface area contributed by atoms with E-state index < -0.39 is 17.6 Å². The molecule has 1 aromatic heterocycles. The Labute approximate surface area is 142 Å². The van der Waals surface area contributed by atoms with Gasteiger partial charge in [-0.3, -0.25) is 4.79 Å². The van der Waals surface area contributed by atoms with Gasteiger partial charge in [-0.15, -0.1) is 0 Å². The quantitative estimate of drug-likeness (QED) is 0.731. The van der Waals surface area contributed by atoms with Crippen LogP contribution in [-0.4, -0.2) is 5.91 Å². The number of benzene rings is 2. The van der Waals surface area contributed by atoms with Crippen LogP contribution in [0.5, 0.6) is 0 Å². The van der Waals surface area contributed by atoms with E-state index in [-0.39, 0.29) is 12.1 Å². The van der Waals surface area contributed by atoms with E-state index >= 15 is 0 Å². The number of hydrogen-bond donors (Lipinski definition) is 1. The van der Waals surface area contributed by atoms with Crippen molar-refractivity contribution in [2.24, 2.45) is 0 Å². The molecule has 1 amide bonds. The standard InChI is InChI=1S/C19H14F3NO2/c20-19(21,22)17-4-2-1-3-16(17)18(24)23-11-13-5-7-14(8-6-13)15-9-10-25-12-15/h1-10,12H,11H2,(H,23,24). The van der Waals surface area contributed by atoms with Crippen molar-refractivity contribution in [1.29, 1.82) is 0 Å². The number of hydrogen-bond acceptors (Lipinski definition) is 2. The lowest BCUT2D eigenvalue weighted by Gasteiger charge is -2.12. The van der Waals surface area contributed by atoms with Gasteiger partial charge in [-0.1, -0.05) is 36.4 Å². The lowest BCUT2D eigenvalue weighted by molar-refractivity contribution is -0.137. The molecule has 2 aromatic carbocycles. The zero-order valence-corrected chi connectivity index (χ0v) is 13.0. The summed E-state index contributed by atoms with van der Waals surface area (Å²) in [4.78, 5) is 12.1. The van der Waals surface area contributed by atoms with Crippen LogP contribution in [0.2, 0.25) is 0 Å². The Morgan fingerprint density at radius 2 is 1.68 bits per heavy atom. The van der Waals surface area contributed by atoms with Crippen molar-refractivity contribution < 1.29 is 22.4 Å². The van der Waals surface area contributed by atoms with Gasteiger partial charge >= 0.3 is 6.18 Å². The average molecular weight is 345 g/mol. The predicted molar refractivity (Wildman–Crippen MR) is 86.8 cm³/mol. The molecule has 1 heterocycles. The Balaban J connectivity index is 1.69. The molecule has 3 aromatic rings. The van der Waals surface area contributed by atoms with Gasteiger partial charge in [0.25, 0.3) is 5.91 Å². The van der Waals surface area contributed by atoms with E-state index in [4.69, 9.17) is 4.42 Å².